The molecule has 7 heteroatoms. The number of benzene rings is 2. The van der Waals surface area contributed by atoms with Crippen LogP contribution < -0.4 is 10.4 Å². The van der Waals surface area contributed by atoms with Crippen molar-refractivity contribution in [1.82, 2.24) is 9.97 Å². The zero-order valence-corrected chi connectivity index (χ0v) is 14.0. The highest BCUT2D eigenvalue weighted by atomic mass is 16.5. The minimum atomic E-state index is -0.453. The molecular formula is C19H18N2O5. The molecule has 0 unspecified atom stereocenters. The Morgan fingerprint density at radius 1 is 0.962 bits per heavy atom. The number of aromatic amines is 2. The largest absolute Gasteiger partial charge is 0.494 e. The highest BCUT2D eigenvalue weighted by Crippen LogP contribution is 2.11. The number of H-pyrrole nitrogens is 2. The first-order valence-corrected chi connectivity index (χ1v) is 8.20. The van der Waals surface area contributed by atoms with Gasteiger partial charge in [0, 0.05) is 12.0 Å². The Hall–Kier alpha value is -3.35. The fraction of sp³-hybridized carbons (Fsp3) is 0.211. The molecule has 0 aliphatic carbocycles. The van der Waals surface area contributed by atoms with E-state index in [1.165, 1.54) is 0 Å². The van der Waals surface area contributed by atoms with E-state index in [0.717, 1.165) is 5.75 Å². The molecule has 0 atom stereocenters. The third-order valence-electron chi connectivity index (χ3n) is 3.74. The lowest BCUT2D eigenvalue weighted by Crippen LogP contribution is -2.14. The summed E-state index contributed by atoms with van der Waals surface area (Å²) in [4.78, 5) is 40.2. The summed E-state index contributed by atoms with van der Waals surface area (Å²) in [6.07, 6.45) is 0.669. The van der Waals surface area contributed by atoms with Gasteiger partial charge in [0.2, 0.25) is 0 Å². The lowest BCUT2D eigenvalue weighted by Gasteiger charge is -2.06. The lowest BCUT2D eigenvalue weighted by atomic mass is 10.1. The zero-order valence-electron chi connectivity index (χ0n) is 14.0. The first-order valence-electron chi connectivity index (χ1n) is 8.20. The summed E-state index contributed by atoms with van der Waals surface area (Å²) in [6.45, 7) is 0.0586. The fourth-order valence-corrected chi connectivity index (χ4v) is 2.43. The number of ether oxygens (including phenoxy) is 2. The van der Waals surface area contributed by atoms with Gasteiger partial charge in [-0.05, 0) is 36.8 Å². The summed E-state index contributed by atoms with van der Waals surface area (Å²) in [7, 11) is 0. The Morgan fingerprint density at radius 2 is 1.73 bits per heavy atom. The van der Waals surface area contributed by atoms with Crippen molar-refractivity contribution in [3.8, 4) is 5.75 Å². The minimum Gasteiger partial charge on any atom is -0.494 e. The molecule has 134 valence electrons. The minimum absolute atomic E-state index is 0.171. The number of fused-ring (bicyclic) bond motifs is 1. The number of para-hydroxylation sites is 1. The maximum atomic E-state index is 12.1. The van der Waals surface area contributed by atoms with Crippen molar-refractivity contribution in [3.63, 3.8) is 0 Å². The van der Waals surface area contributed by atoms with Gasteiger partial charge in [-0.3, -0.25) is 9.59 Å². The number of Topliss-reactive ketones (excluding diaryl/α,β-unsaturated/α-hetero) is 1. The number of ketones is 1. The second-order valence-corrected chi connectivity index (χ2v) is 5.69. The number of esters is 1. The van der Waals surface area contributed by atoms with Crippen LogP contribution in [0.15, 0.2) is 53.3 Å². The Morgan fingerprint density at radius 3 is 2.54 bits per heavy atom. The molecule has 2 N–H and O–H groups in total. The van der Waals surface area contributed by atoms with Gasteiger partial charge in [0.15, 0.2) is 12.4 Å². The molecule has 0 fully saturated rings. The van der Waals surface area contributed by atoms with Gasteiger partial charge < -0.3 is 19.4 Å². The van der Waals surface area contributed by atoms with E-state index in [4.69, 9.17) is 9.47 Å². The van der Waals surface area contributed by atoms with Crippen LogP contribution >= 0.6 is 0 Å². The van der Waals surface area contributed by atoms with Crippen LogP contribution in [-0.2, 0) is 9.53 Å². The van der Waals surface area contributed by atoms with Gasteiger partial charge in [-0.25, -0.2) is 4.79 Å². The normalized spacial score (nSPS) is 10.6. The summed E-state index contributed by atoms with van der Waals surface area (Å²) >= 11 is 0. The van der Waals surface area contributed by atoms with Crippen molar-refractivity contribution < 1.29 is 19.1 Å². The average molecular weight is 354 g/mol. The summed E-state index contributed by atoms with van der Waals surface area (Å²) in [5, 5.41) is 0. The summed E-state index contributed by atoms with van der Waals surface area (Å²) in [5.74, 6) is -0.0387. The smallest absolute Gasteiger partial charge is 0.323 e. The molecule has 26 heavy (non-hydrogen) atoms. The van der Waals surface area contributed by atoms with Gasteiger partial charge in [-0.1, -0.05) is 18.2 Å². The van der Waals surface area contributed by atoms with E-state index >= 15 is 0 Å². The van der Waals surface area contributed by atoms with Crippen LogP contribution in [0.25, 0.3) is 11.0 Å². The first-order chi connectivity index (χ1) is 12.6. The molecule has 0 saturated heterocycles. The quantitative estimate of drug-likeness (QED) is 0.368. The summed E-state index contributed by atoms with van der Waals surface area (Å²) < 4.78 is 10.5. The second-order valence-electron chi connectivity index (χ2n) is 5.69. The van der Waals surface area contributed by atoms with Gasteiger partial charge in [-0.15, -0.1) is 0 Å². The second kappa shape index (κ2) is 8.15. The number of hydrogen-bond donors (Lipinski definition) is 2. The van der Waals surface area contributed by atoms with Crippen molar-refractivity contribution in [2.75, 3.05) is 13.2 Å². The maximum absolute atomic E-state index is 12.1. The van der Waals surface area contributed by atoms with Crippen LogP contribution in [0.4, 0.5) is 0 Å². The van der Waals surface area contributed by atoms with Crippen LogP contribution in [0.5, 0.6) is 5.75 Å². The van der Waals surface area contributed by atoms with Crippen LogP contribution in [-0.4, -0.2) is 34.9 Å². The van der Waals surface area contributed by atoms with Crippen LogP contribution in [0.3, 0.4) is 0 Å². The molecule has 0 amide bonds. The summed E-state index contributed by atoms with van der Waals surface area (Å²) in [6, 6.07) is 14.1. The molecule has 0 bridgehead atoms. The van der Waals surface area contributed by atoms with Gasteiger partial charge >= 0.3 is 11.7 Å². The lowest BCUT2D eigenvalue weighted by molar-refractivity contribution is -0.142. The fourth-order valence-electron chi connectivity index (χ4n) is 2.43. The van der Waals surface area contributed by atoms with Gasteiger partial charge in [-0.2, -0.15) is 0 Å². The molecule has 1 heterocycles. The topological polar surface area (TPSA) is 101 Å². The molecule has 0 saturated carbocycles. The standard InChI is InChI=1S/C19H18N2O5/c22-17(13-8-9-15-16(11-13)21-19(24)20-15)12-26-18(23)7-4-10-25-14-5-2-1-3-6-14/h1-3,5-6,8-9,11H,4,7,10,12H2,(H2,20,21,24). The third kappa shape index (κ3) is 4.60. The number of imidazole rings is 1. The number of rotatable bonds is 8. The van der Waals surface area contributed by atoms with E-state index < -0.39 is 5.97 Å². The van der Waals surface area contributed by atoms with E-state index in [2.05, 4.69) is 9.97 Å². The average Bonchev–Trinajstić information content (AvgIpc) is 3.03. The number of aromatic nitrogens is 2. The Balaban J connectivity index is 1.41. The van der Waals surface area contributed by atoms with Gasteiger partial charge in [0.1, 0.15) is 5.75 Å². The number of hydrogen-bond acceptors (Lipinski definition) is 5. The van der Waals surface area contributed by atoms with Crippen LogP contribution in [0, 0.1) is 0 Å². The molecule has 2 aromatic carbocycles. The van der Waals surface area contributed by atoms with Gasteiger partial charge in [0.05, 0.1) is 17.6 Å². The molecule has 7 nitrogen and oxygen atoms in total. The number of carbonyl (C=O) groups is 2. The Labute approximate surface area is 149 Å². The van der Waals surface area contributed by atoms with Crippen molar-refractivity contribution >= 4 is 22.8 Å². The van der Waals surface area contributed by atoms with E-state index in [1.807, 2.05) is 30.3 Å². The van der Waals surface area contributed by atoms with E-state index in [1.54, 1.807) is 18.2 Å². The van der Waals surface area contributed by atoms with Crippen molar-refractivity contribution in [1.29, 1.82) is 0 Å². The predicted octanol–water partition coefficient (Wildman–Crippen LogP) is 2.44. The molecule has 0 aliphatic rings. The molecular weight excluding hydrogens is 336 g/mol. The predicted molar refractivity (Wildman–Crippen MR) is 95.4 cm³/mol. The molecule has 3 aromatic rings. The van der Waals surface area contributed by atoms with E-state index in [-0.39, 0.29) is 24.5 Å². The monoisotopic (exact) mass is 354 g/mol. The highest BCUT2D eigenvalue weighted by molar-refractivity contribution is 6.00. The molecule has 1 aromatic heterocycles. The molecule has 0 spiro atoms. The molecule has 0 radical (unpaired) electrons. The van der Waals surface area contributed by atoms with Crippen molar-refractivity contribution in [3.05, 3.63) is 64.6 Å². The molecule has 3 rings (SSSR count). The van der Waals surface area contributed by atoms with Gasteiger partial charge in [0.25, 0.3) is 0 Å². The SMILES string of the molecule is O=C(CCCOc1ccccc1)OCC(=O)c1ccc2[nH]c(=O)[nH]c2c1. The van der Waals surface area contributed by atoms with Crippen molar-refractivity contribution in [2.45, 2.75) is 12.8 Å². The van der Waals surface area contributed by atoms with Crippen molar-refractivity contribution in [2.24, 2.45) is 0 Å². The Bertz CT molecular complexity index is 959. The van der Waals surface area contributed by atoms with E-state index in [9.17, 15) is 14.4 Å². The highest BCUT2D eigenvalue weighted by Gasteiger charge is 2.11. The maximum Gasteiger partial charge on any atom is 0.323 e. The first kappa shape index (κ1) is 17.5. The Kier molecular flexibility index (Phi) is 5.48. The number of nitrogens with one attached hydrogen (secondary N) is 2. The van der Waals surface area contributed by atoms with E-state index in [0.29, 0.717) is 29.6 Å². The third-order valence-corrected chi connectivity index (χ3v) is 3.74. The van der Waals surface area contributed by atoms with Crippen LogP contribution in [0.1, 0.15) is 23.2 Å². The summed E-state index contributed by atoms with van der Waals surface area (Å²) in [5.41, 5.74) is 1.17. The zero-order chi connectivity index (χ0) is 18.4. The number of carbonyl (C=O) groups excluding carboxylic acids is 2. The van der Waals surface area contributed by atoms with Crippen LogP contribution in [0.2, 0.25) is 0 Å². The molecule has 0 aliphatic heterocycles.